The average molecular weight is 446 g/mol. The molecule has 1 N–H and O–H groups in total. The zero-order valence-electron chi connectivity index (χ0n) is 18.1. The second-order valence-electron chi connectivity index (χ2n) is 7.28. The van der Waals surface area contributed by atoms with Crippen molar-refractivity contribution in [3.63, 3.8) is 0 Å². The highest BCUT2D eigenvalue weighted by molar-refractivity contribution is 7.89. The van der Waals surface area contributed by atoms with Gasteiger partial charge in [-0.15, -0.1) is 0 Å². The molecule has 31 heavy (non-hydrogen) atoms. The van der Waals surface area contributed by atoms with Crippen LogP contribution in [-0.2, 0) is 19.6 Å². The van der Waals surface area contributed by atoms with E-state index in [1.807, 2.05) is 19.1 Å². The number of carbonyl (C=O) groups excluding carboxylic acids is 2. The summed E-state index contributed by atoms with van der Waals surface area (Å²) >= 11 is 0. The Bertz CT molecular complexity index is 1080. The van der Waals surface area contributed by atoms with E-state index in [-0.39, 0.29) is 23.5 Å². The molecular weight excluding hydrogens is 418 g/mol. The van der Waals surface area contributed by atoms with Crippen molar-refractivity contribution in [2.24, 2.45) is 0 Å². The third-order valence-electron chi connectivity index (χ3n) is 5.07. The molecule has 8 nitrogen and oxygen atoms in total. The van der Waals surface area contributed by atoms with E-state index in [0.717, 1.165) is 11.1 Å². The zero-order valence-corrected chi connectivity index (χ0v) is 18.9. The van der Waals surface area contributed by atoms with Gasteiger partial charge in [-0.2, -0.15) is 0 Å². The molecule has 1 aliphatic heterocycles. The molecule has 2 aromatic rings. The molecule has 2 aromatic carbocycles. The fourth-order valence-electron chi connectivity index (χ4n) is 3.76. The fraction of sp³-hybridized carbons (Fsp3) is 0.364. The molecule has 0 aliphatic carbocycles. The maximum atomic E-state index is 12.6. The van der Waals surface area contributed by atoms with Crippen molar-refractivity contribution in [2.75, 3.05) is 29.5 Å². The first-order valence-corrected chi connectivity index (χ1v) is 11.7. The summed E-state index contributed by atoms with van der Waals surface area (Å²) < 4.78 is 32.0. The number of amides is 2. The molecule has 0 fully saturated rings. The maximum Gasteiger partial charge on any atom is 0.414 e. The molecule has 1 aliphatic rings. The van der Waals surface area contributed by atoms with E-state index in [4.69, 9.17) is 4.74 Å². The van der Waals surface area contributed by atoms with Gasteiger partial charge in [0, 0.05) is 20.0 Å². The minimum atomic E-state index is -3.54. The molecule has 0 saturated heterocycles. The number of benzene rings is 2. The predicted molar refractivity (Wildman–Crippen MR) is 120 cm³/mol. The van der Waals surface area contributed by atoms with Crippen molar-refractivity contribution in [3.05, 3.63) is 42.5 Å². The molecule has 166 valence electrons. The maximum absolute atomic E-state index is 12.6. The number of hydrogen-bond acceptors (Lipinski definition) is 5. The van der Waals surface area contributed by atoms with E-state index < -0.39 is 16.1 Å². The summed E-state index contributed by atoms with van der Waals surface area (Å²) in [5.74, 6) is -0.108. The molecule has 1 atom stereocenters. The van der Waals surface area contributed by atoms with Crippen molar-refractivity contribution in [1.82, 2.24) is 4.72 Å². The number of nitrogens with one attached hydrogen (secondary N) is 1. The third kappa shape index (κ3) is 4.57. The number of fused-ring (bicyclic) bond motifs is 1. The Labute approximate surface area is 182 Å². The van der Waals surface area contributed by atoms with Crippen molar-refractivity contribution in [3.8, 4) is 11.1 Å². The molecule has 0 aromatic heterocycles. The minimum absolute atomic E-state index is 0.108. The lowest BCUT2D eigenvalue weighted by Gasteiger charge is -2.40. The van der Waals surface area contributed by atoms with Gasteiger partial charge in [-0.1, -0.05) is 25.1 Å². The largest absolute Gasteiger partial charge is 0.449 e. The van der Waals surface area contributed by atoms with Crippen LogP contribution >= 0.6 is 0 Å². The quantitative estimate of drug-likeness (QED) is 0.761. The summed E-state index contributed by atoms with van der Waals surface area (Å²) in [5, 5.41) is 0. The number of anilines is 2. The van der Waals surface area contributed by atoms with Crippen LogP contribution in [0.1, 0.15) is 27.7 Å². The number of sulfonamides is 1. The van der Waals surface area contributed by atoms with Gasteiger partial charge in [0.1, 0.15) is 0 Å². The van der Waals surface area contributed by atoms with Crippen LogP contribution in [0, 0.1) is 0 Å². The lowest BCUT2D eigenvalue weighted by Crippen LogP contribution is -2.51. The number of nitrogens with zero attached hydrogens (tertiary/aromatic N) is 2. The van der Waals surface area contributed by atoms with Crippen LogP contribution in [0.15, 0.2) is 47.4 Å². The standard InChI is InChI=1S/C22H27N3O5S/c1-5-23-31(28,29)19-10-7-17(8-11-19)18-9-12-20-21(13-18)24(22(27)30-6-2)14-15(3)25(20)16(4)26/h7-13,15,23H,5-6,14H2,1-4H3/t15-/m0/s1. The first-order chi connectivity index (χ1) is 14.7. The molecule has 0 saturated carbocycles. The number of ether oxygens (including phenoxy) is 1. The van der Waals surface area contributed by atoms with Gasteiger partial charge in [0.25, 0.3) is 0 Å². The predicted octanol–water partition coefficient (Wildman–Crippen LogP) is 3.37. The molecule has 0 radical (unpaired) electrons. The second-order valence-corrected chi connectivity index (χ2v) is 9.04. The van der Waals surface area contributed by atoms with Crippen LogP contribution < -0.4 is 14.5 Å². The second kappa shape index (κ2) is 9.07. The highest BCUT2D eigenvalue weighted by atomic mass is 32.2. The molecule has 2 amide bonds. The Morgan fingerprint density at radius 1 is 1.06 bits per heavy atom. The third-order valence-corrected chi connectivity index (χ3v) is 6.63. The molecule has 3 rings (SSSR count). The lowest BCUT2D eigenvalue weighted by molar-refractivity contribution is -0.117. The average Bonchev–Trinajstić information content (AvgIpc) is 2.72. The van der Waals surface area contributed by atoms with Crippen molar-refractivity contribution in [2.45, 2.75) is 38.6 Å². The smallest absolute Gasteiger partial charge is 0.414 e. The van der Waals surface area contributed by atoms with Crippen LogP contribution in [0.25, 0.3) is 11.1 Å². The summed E-state index contributed by atoms with van der Waals surface area (Å²) in [4.78, 5) is 28.2. The summed E-state index contributed by atoms with van der Waals surface area (Å²) in [6.07, 6.45) is -0.469. The number of carbonyl (C=O) groups is 2. The van der Waals surface area contributed by atoms with Gasteiger partial charge in [-0.05, 0) is 49.2 Å². The summed E-state index contributed by atoms with van der Waals surface area (Å²) in [5.41, 5.74) is 2.79. The van der Waals surface area contributed by atoms with Crippen molar-refractivity contribution < 1.29 is 22.7 Å². The monoisotopic (exact) mass is 445 g/mol. The Morgan fingerprint density at radius 2 is 1.71 bits per heavy atom. The van der Waals surface area contributed by atoms with E-state index in [0.29, 0.717) is 24.5 Å². The zero-order chi connectivity index (χ0) is 22.8. The molecule has 9 heteroatoms. The van der Waals surface area contributed by atoms with Crippen LogP contribution in [0.2, 0.25) is 0 Å². The number of rotatable bonds is 5. The molecule has 0 bridgehead atoms. The minimum Gasteiger partial charge on any atom is -0.449 e. The van der Waals surface area contributed by atoms with Crippen LogP contribution in [-0.4, -0.2) is 46.2 Å². The van der Waals surface area contributed by atoms with Gasteiger partial charge < -0.3 is 9.64 Å². The first kappa shape index (κ1) is 22.8. The summed E-state index contributed by atoms with van der Waals surface area (Å²) in [6.45, 7) is 7.72. The van der Waals surface area contributed by atoms with Gasteiger partial charge in [0.05, 0.1) is 28.9 Å². The Morgan fingerprint density at radius 3 is 2.29 bits per heavy atom. The van der Waals surface area contributed by atoms with Gasteiger partial charge in [-0.3, -0.25) is 9.69 Å². The van der Waals surface area contributed by atoms with E-state index >= 15 is 0 Å². The summed E-state index contributed by atoms with van der Waals surface area (Å²) in [7, 11) is -3.54. The fourth-order valence-corrected chi connectivity index (χ4v) is 4.80. The topological polar surface area (TPSA) is 96.0 Å². The SMILES string of the molecule is CCNS(=O)(=O)c1ccc(-c2ccc3c(c2)N(C(=O)OCC)C[C@H](C)N3C(C)=O)cc1. The highest BCUT2D eigenvalue weighted by Gasteiger charge is 2.34. The normalized spacial score (nSPS) is 16.1. The van der Waals surface area contributed by atoms with Gasteiger partial charge >= 0.3 is 6.09 Å². The van der Waals surface area contributed by atoms with E-state index in [1.54, 1.807) is 49.1 Å². The Kier molecular flexibility index (Phi) is 6.66. The van der Waals surface area contributed by atoms with Gasteiger partial charge in [0.2, 0.25) is 15.9 Å². The molecule has 1 heterocycles. The van der Waals surface area contributed by atoms with E-state index in [2.05, 4.69) is 4.72 Å². The van der Waals surface area contributed by atoms with Crippen LogP contribution in [0.3, 0.4) is 0 Å². The molecular formula is C22H27N3O5S. The van der Waals surface area contributed by atoms with Crippen molar-refractivity contribution >= 4 is 33.4 Å². The van der Waals surface area contributed by atoms with E-state index in [9.17, 15) is 18.0 Å². The molecule has 0 spiro atoms. The van der Waals surface area contributed by atoms with Crippen LogP contribution in [0.5, 0.6) is 0 Å². The van der Waals surface area contributed by atoms with E-state index in [1.165, 1.54) is 11.8 Å². The van der Waals surface area contributed by atoms with Gasteiger partial charge in [-0.25, -0.2) is 17.9 Å². The highest BCUT2D eigenvalue weighted by Crippen LogP contribution is 2.39. The van der Waals surface area contributed by atoms with Crippen molar-refractivity contribution in [1.29, 1.82) is 0 Å². The first-order valence-electron chi connectivity index (χ1n) is 10.2. The van der Waals surface area contributed by atoms with Gasteiger partial charge in [0.15, 0.2) is 0 Å². The number of hydrogen-bond donors (Lipinski definition) is 1. The summed E-state index contributed by atoms with van der Waals surface area (Å²) in [6, 6.07) is 11.8. The molecule has 0 unspecified atom stereocenters. The lowest BCUT2D eigenvalue weighted by atomic mass is 10.0. The van der Waals surface area contributed by atoms with Crippen LogP contribution in [0.4, 0.5) is 16.2 Å². The Balaban J connectivity index is 2.04. The Hall–Kier alpha value is -2.91.